The molecule has 25 heavy (non-hydrogen) atoms. The summed E-state index contributed by atoms with van der Waals surface area (Å²) in [6, 6.07) is 8.22. The molecular formula is C16H15BrFNO5S. The minimum Gasteiger partial charge on any atom is -0.495 e. The highest BCUT2D eigenvalue weighted by atomic mass is 79.9. The summed E-state index contributed by atoms with van der Waals surface area (Å²) < 4.78 is 50.6. The maximum atomic E-state index is 13.7. The van der Waals surface area contributed by atoms with E-state index in [-0.39, 0.29) is 28.4 Å². The fourth-order valence-corrected chi connectivity index (χ4v) is 3.24. The van der Waals surface area contributed by atoms with Gasteiger partial charge < -0.3 is 9.47 Å². The Labute approximate surface area is 153 Å². The lowest BCUT2D eigenvalue weighted by atomic mass is 10.2. The Morgan fingerprint density at radius 1 is 1.24 bits per heavy atom. The number of sulfonamides is 1. The molecule has 0 aliphatic heterocycles. The zero-order valence-electron chi connectivity index (χ0n) is 13.4. The van der Waals surface area contributed by atoms with Crippen LogP contribution in [0.15, 0.2) is 45.8 Å². The number of benzene rings is 2. The Bertz CT molecular complexity index is 901. The van der Waals surface area contributed by atoms with Gasteiger partial charge in [-0.05, 0) is 37.4 Å². The first-order valence-electron chi connectivity index (χ1n) is 7.01. The van der Waals surface area contributed by atoms with Gasteiger partial charge >= 0.3 is 5.97 Å². The molecule has 0 aromatic heterocycles. The molecular weight excluding hydrogens is 417 g/mol. The van der Waals surface area contributed by atoms with E-state index in [4.69, 9.17) is 9.47 Å². The zero-order chi connectivity index (χ0) is 18.6. The second-order valence-electron chi connectivity index (χ2n) is 4.89. The molecule has 0 saturated carbocycles. The van der Waals surface area contributed by atoms with E-state index in [9.17, 15) is 17.6 Å². The molecule has 0 fully saturated rings. The van der Waals surface area contributed by atoms with Gasteiger partial charge in [0.2, 0.25) is 10.0 Å². The van der Waals surface area contributed by atoms with Crippen LogP contribution in [0.4, 0.5) is 4.39 Å². The fraction of sp³-hybridized carbons (Fsp3) is 0.188. The van der Waals surface area contributed by atoms with Crippen molar-refractivity contribution in [1.82, 2.24) is 4.72 Å². The summed E-state index contributed by atoms with van der Waals surface area (Å²) >= 11 is 3.14. The first-order valence-corrected chi connectivity index (χ1v) is 9.28. The normalized spacial score (nSPS) is 11.2. The van der Waals surface area contributed by atoms with Crippen LogP contribution in [0, 0.1) is 5.82 Å². The summed E-state index contributed by atoms with van der Waals surface area (Å²) in [4.78, 5) is 12.0. The molecule has 0 bridgehead atoms. The maximum absolute atomic E-state index is 13.7. The number of nitrogens with one attached hydrogen (secondary N) is 1. The van der Waals surface area contributed by atoms with Crippen molar-refractivity contribution in [2.75, 3.05) is 14.2 Å². The quantitative estimate of drug-likeness (QED) is 0.711. The molecule has 0 aliphatic rings. The average Bonchev–Trinajstić information content (AvgIpc) is 2.60. The van der Waals surface area contributed by atoms with Crippen molar-refractivity contribution in [3.8, 4) is 5.75 Å². The molecule has 0 amide bonds. The van der Waals surface area contributed by atoms with Gasteiger partial charge in [-0.15, -0.1) is 0 Å². The molecule has 0 spiro atoms. The predicted molar refractivity (Wildman–Crippen MR) is 92.5 cm³/mol. The van der Waals surface area contributed by atoms with Gasteiger partial charge in [-0.2, -0.15) is 0 Å². The Hall–Kier alpha value is -1.97. The van der Waals surface area contributed by atoms with Crippen LogP contribution in [0.25, 0.3) is 0 Å². The Balaban J connectivity index is 2.23. The summed E-state index contributed by atoms with van der Waals surface area (Å²) in [6.45, 7) is -0.280. The summed E-state index contributed by atoms with van der Waals surface area (Å²) in [5.41, 5.74) is 0.209. The van der Waals surface area contributed by atoms with Crippen LogP contribution in [0.2, 0.25) is 0 Å². The molecule has 0 aliphatic carbocycles. The zero-order valence-corrected chi connectivity index (χ0v) is 15.8. The summed E-state index contributed by atoms with van der Waals surface area (Å²) in [7, 11) is -1.26. The van der Waals surface area contributed by atoms with Crippen molar-refractivity contribution in [2.24, 2.45) is 0 Å². The van der Waals surface area contributed by atoms with E-state index in [0.717, 1.165) is 6.07 Å². The van der Waals surface area contributed by atoms with Crippen LogP contribution in [-0.4, -0.2) is 28.5 Å². The van der Waals surface area contributed by atoms with Crippen LogP contribution < -0.4 is 9.46 Å². The topological polar surface area (TPSA) is 81.7 Å². The monoisotopic (exact) mass is 431 g/mol. The number of carbonyl (C=O) groups is 1. The van der Waals surface area contributed by atoms with Gasteiger partial charge in [0.1, 0.15) is 23.1 Å². The first-order chi connectivity index (χ1) is 11.8. The molecule has 0 heterocycles. The lowest BCUT2D eigenvalue weighted by Gasteiger charge is -2.11. The second-order valence-corrected chi connectivity index (χ2v) is 7.66. The van der Waals surface area contributed by atoms with E-state index in [1.807, 2.05) is 0 Å². The summed E-state index contributed by atoms with van der Waals surface area (Å²) in [5, 5.41) is 0. The van der Waals surface area contributed by atoms with E-state index in [2.05, 4.69) is 20.7 Å². The van der Waals surface area contributed by atoms with Crippen molar-refractivity contribution >= 4 is 31.9 Å². The summed E-state index contributed by atoms with van der Waals surface area (Å²) in [6.07, 6.45) is 0. The van der Waals surface area contributed by atoms with Gasteiger partial charge in [-0.25, -0.2) is 22.3 Å². The third kappa shape index (κ3) is 4.56. The van der Waals surface area contributed by atoms with Gasteiger partial charge in [0.05, 0.1) is 12.7 Å². The molecule has 1 N–H and O–H groups in total. The van der Waals surface area contributed by atoms with Crippen LogP contribution in [0.3, 0.4) is 0 Å². The molecule has 0 saturated heterocycles. The SMILES string of the molecule is CNS(=O)(=O)c1cc(C(=O)OCc2ccc(Br)cc2F)ccc1OC. The van der Waals surface area contributed by atoms with E-state index >= 15 is 0 Å². The minimum absolute atomic E-state index is 0.00662. The van der Waals surface area contributed by atoms with Crippen molar-refractivity contribution in [2.45, 2.75) is 11.5 Å². The van der Waals surface area contributed by atoms with Crippen LogP contribution in [-0.2, 0) is 21.4 Å². The summed E-state index contributed by atoms with van der Waals surface area (Å²) in [5.74, 6) is -1.21. The fourth-order valence-electron chi connectivity index (χ4n) is 1.99. The lowest BCUT2D eigenvalue weighted by molar-refractivity contribution is 0.0468. The number of hydrogen-bond acceptors (Lipinski definition) is 5. The molecule has 6 nitrogen and oxygen atoms in total. The Morgan fingerprint density at radius 3 is 2.56 bits per heavy atom. The number of ether oxygens (including phenoxy) is 2. The predicted octanol–water partition coefficient (Wildman–Crippen LogP) is 2.86. The minimum atomic E-state index is -3.82. The van der Waals surface area contributed by atoms with E-state index in [1.54, 1.807) is 6.07 Å². The van der Waals surface area contributed by atoms with Crippen LogP contribution in [0.1, 0.15) is 15.9 Å². The third-order valence-corrected chi connectivity index (χ3v) is 5.26. The van der Waals surface area contributed by atoms with Gasteiger partial charge in [-0.1, -0.05) is 22.0 Å². The van der Waals surface area contributed by atoms with E-state index < -0.39 is 21.8 Å². The Morgan fingerprint density at radius 2 is 1.96 bits per heavy atom. The highest BCUT2D eigenvalue weighted by Gasteiger charge is 2.21. The van der Waals surface area contributed by atoms with E-state index in [1.165, 1.54) is 38.4 Å². The first kappa shape index (κ1) is 19.4. The average molecular weight is 432 g/mol. The maximum Gasteiger partial charge on any atom is 0.338 e. The smallest absolute Gasteiger partial charge is 0.338 e. The highest BCUT2D eigenvalue weighted by molar-refractivity contribution is 9.10. The molecule has 2 aromatic rings. The number of esters is 1. The number of hydrogen-bond donors (Lipinski definition) is 1. The molecule has 0 atom stereocenters. The molecule has 2 aromatic carbocycles. The van der Waals surface area contributed by atoms with Gasteiger partial charge in [0, 0.05) is 10.0 Å². The second kappa shape index (κ2) is 7.94. The molecule has 9 heteroatoms. The number of methoxy groups -OCH3 is 1. The number of halogens is 2. The van der Waals surface area contributed by atoms with Gasteiger partial charge in [-0.3, -0.25) is 0 Å². The van der Waals surface area contributed by atoms with Crippen molar-refractivity contribution in [1.29, 1.82) is 0 Å². The molecule has 0 radical (unpaired) electrons. The molecule has 2 rings (SSSR count). The van der Waals surface area contributed by atoms with Crippen LogP contribution in [0.5, 0.6) is 5.75 Å². The molecule has 134 valence electrons. The van der Waals surface area contributed by atoms with Crippen molar-refractivity contribution in [3.05, 3.63) is 57.8 Å². The van der Waals surface area contributed by atoms with Crippen LogP contribution >= 0.6 is 15.9 Å². The number of carbonyl (C=O) groups excluding carboxylic acids is 1. The van der Waals surface area contributed by atoms with Crippen molar-refractivity contribution < 1.29 is 27.1 Å². The van der Waals surface area contributed by atoms with Gasteiger partial charge in [0.15, 0.2) is 0 Å². The third-order valence-electron chi connectivity index (χ3n) is 3.33. The van der Waals surface area contributed by atoms with Gasteiger partial charge in [0.25, 0.3) is 0 Å². The highest BCUT2D eigenvalue weighted by Crippen LogP contribution is 2.25. The van der Waals surface area contributed by atoms with Crippen molar-refractivity contribution in [3.63, 3.8) is 0 Å². The Kier molecular flexibility index (Phi) is 6.15. The largest absolute Gasteiger partial charge is 0.495 e. The molecule has 0 unspecified atom stereocenters. The number of rotatable bonds is 6. The standard InChI is InChI=1S/C16H15BrFNO5S/c1-19-25(21,22)15-7-10(4-6-14(15)23-2)16(20)24-9-11-3-5-12(17)8-13(11)18/h3-8,19H,9H2,1-2H3. The lowest BCUT2D eigenvalue weighted by Crippen LogP contribution is -2.20. The van der Waals surface area contributed by atoms with E-state index in [0.29, 0.717) is 4.47 Å².